The number of alkyl halides is 5. The molecule has 0 amide bonds. The molecule has 0 fully saturated rings. The molecular formula is C10H5F5O4. The standard InChI is InChI=1S/C10H5F5O4/c11-9(12)18-7-1-6(4-17)8(2-5(7)3-16)19-10(13,14)15/h1-4,9H. The summed E-state index contributed by atoms with van der Waals surface area (Å²) in [5, 5.41) is 0. The first kappa shape index (κ1) is 14.9. The maximum Gasteiger partial charge on any atom is 0.573 e. The molecule has 0 heterocycles. The molecule has 1 aromatic carbocycles. The summed E-state index contributed by atoms with van der Waals surface area (Å²) in [6.45, 7) is -3.30. The smallest absolute Gasteiger partial charge is 0.434 e. The lowest BCUT2D eigenvalue weighted by Crippen LogP contribution is -2.18. The average Bonchev–Trinajstić information content (AvgIpc) is 2.27. The zero-order valence-corrected chi connectivity index (χ0v) is 8.91. The van der Waals surface area contributed by atoms with Crippen LogP contribution in [0.4, 0.5) is 22.0 Å². The lowest BCUT2D eigenvalue weighted by molar-refractivity contribution is -0.274. The molecule has 0 unspecified atom stereocenters. The van der Waals surface area contributed by atoms with Gasteiger partial charge in [-0.15, -0.1) is 13.2 Å². The summed E-state index contributed by atoms with van der Waals surface area (Å²) in [4.78, 5) is 21.1. The molecular weight excluding hydrogens is 279 g/mol. The van der Waals surface area contributed by atoms with Crippen LogP contribution in [0.2, 0.25) is 0 Å². The van der Waals surface area contributed by atoms with Crippen molar-refractivity contribution in [3.05, 3.63) is 23.3 Å². The molecule has 9 heteroatoms. The van der Waals surface area contributed by atoms with Crippen molar-refractivity contribution in [2.24, 2.45) is 0 Å². The summed E-state index contributed by atoms with van der Waals surface area (Å²) in [7, 11) is 0. The van der Waals surface area contributed by atoms with Crippen LogP contribution < -0.4 is 9.47 Å². The minimum Gasteiger partial charge on any atom is -0.434 e. The molecule has 0 aliphatic rings. The Morgan fingerprint density at radius 1 is 1.00 bits per heavy atom. The molecule has 0 bridgehead atoms. The van der Waals surface area contributed by atoms with E-state index in [1.54, 1.807) is 0 Å². The van der Waals surface area contributed by atoms with E-state index in [4.69, 9.17) is 0 Å². The van der Waals surface area contributed by atoms with Gasteiger partial charge in [-0.05, 0) is 12.1 Å². The molecule has 0 atom stereocenters. The van der Waals surface area contributed by atoms with Crippen molar-refractivity contribution >= 4 is 12.6 Å². The third-order valence-electron chi connectivity index (χ3n) is 1.84. The molecule has 0 N–H and O–H groups in total. The van der Waals surface area contributed by atoms with Gasteiger partial charge in [0, 0.05) is 0 Å². The minimum absolute atomic E-state index is 0.00443. The van der Waals surface area contributed by atoms with Gasteiger partial charge < -0.3 is 9.47 Å². The molecule has 0 radical (unpaired) electrons. The lowest BCUT2D eigenvalue weighted by atomic mass is 10.1. The Bertz CT molecular complexity index is 484. The van der Waals surface area contributed by atoms with E-state index in [2.05, 4.69) is 9.47 Å². The van der Waals surface area contributed by atoms with Crippen molar-refractivity contribution in [2.75, 3.05) is 0 Å². The highest BCUT2D eigenvalue weighted by Gasteiger charge is 2.32. The van der Waals surface area contributed by atoms with Crippen LogP contribution in [-0.2, 0) is 0 Å². The van der Waals surface area contributed by atoms with E-state index in [1.807, 2.05) is 0 Å². The summed E-state index contributed by atoms with van der Waals surface area (Å²) in [6, 6.07) is 1.05. The molecule has 4 nitrogen and oxygen atoms in total. The quantitative estimate of drug-likeness (QED) is 0.616. The number of aldehydes is 2. The second-order valence-electron chi connectivity index (χ2n) is 3.09. The van der Waals surface area contributed by atoms with Crippen molar-refractivity contribution in [3.8, 4) is 11.5 Å². The van der Waals surface area contributed by atoms with Gasteiger partial charge >= 0.3 is 13.0 Å². The number of carbonyl (C=O) groups excluding carboxylic acids is 2. The molecule has 0 saturated carbocycles. The van der Waals surface area contributed by atoms with Crippen LogP contribution in [0.1, 0.15) is 20.7 Å². The molecule has 0 aromatic heterocycles. The first-order valence-corrected chi connectivity index (χ1v) is 4.55. The van der Waals surface area contributed by atoms with Gasteiger partial charge in [-0.1, -0.05) is 0 Å². The predicted molar refractivity (Wildman–Crippen MR) is 50.5 cm³/mol. The van der Waals surface area contributed by atoms with Crippen molar-refractivity contribution in [3.63, 3.8) is 0 Å². The first-order chi connectivity index (χ1) is 8.76. The molecule has 104 valence electrons. The maximum atomic E-state index is 12.0. The minimum atomic E-state index is -5.09. The van der Waals surface area contributed by atoms with Crippen LogP contribution in [0.25, 0.3) is 0 Å². The monoisotopic (exact) mass is 284 g/mol. The van der Waals surface area contributed by atoms with E-state index in [0.717, 1.165) is 0 Å². The number of halogens is 5. The number of ether oxygens (including phenoxy) is 2. The summed E-state index contributed by atoms with van der Waals surface area (Å²) in [6.07, 6.45) is -5.15. The van der Waals surface area contributed by atoms with Crippen molar-refractivity contribution in [1.82, 2.24) is 0 Å². The van der Waals surface area contributed by atoms with Gasteiger partial charge in [0.1, 0.15) is 11.5 Å². The molecule has 1 aromatic rings. The van der Waals surface area contributed by atoms with E-state index in [-0.39, 0.29) is 12.6 Å². The van der Waals surface area contributed by atoms with Gasteiger partial charge in [0.05, 0.1) is 11.1 Å². The van der Waals surface area contributed by atoms with Crippen LogP contribution >= 0.6 is 0 Å². The van der Waals surface area contributed by atoms with Gasteiger partial charge in [-0.3, -0.25) is 9.59 Å². The zero-order chi connectivity index (χ0) is 14.6. The van der Waals surface area contributed by atoms with E-state index >= 15 is 0 Å². The zero-order valence-electron chi connectivity index (χ0n) is 8.91. The van der Waals surface area contributed by atoms with Gasteiger partial charge in [0.15, 0.2) is 12.6 Å². The fourth-order valence-corrected chi connectivity index (χ4v) is 1.19. The second kappa shape index (κ2) is 5.63. The normalized spacial score (nSPS) is 11.3. The number of hydrogen-bond acceptors (Lipinski definition) is 4. The van der Waals surface area contributed by atoms with Gasteiger partial charge in [0.2, 0.25) is 0 Å². The summed E-state index contributed by atoms with van der Waals surface area (Å²) in [5.74, 6) is -1.70. The highest BCUT2D eigenvalue weighted by Crippen LogP contribution is 2.31. The third kappa shape index (κ3) is 4.19. The van der Waals surface area contributed by atoms with E-state index in [9.17, 15) is 31.5 Å². The largest absolute Gasteiger partial charge is 0.573 e. The molecule has 19 heavy (non-hydrogen) atoms. The van der Waals surface area contributed by atoms with E-state index in [1.165, 1.54) is 0 Å². The van der Waals surface area contributed by atoms with Crippen molar-refractivity contribution in [2.45, 2.75) is 13.0 Å². The topological polar surface area (TPSA) is 52.6 Å². The molecule has 0 spiro atoms. The Balaban J connectivity index is 3.26. The Kier molecular flexibility index (Phi) is 4.41. The Hall–Kier alpha value is -2.19. The van der Waals surface area contributed by atoms with E-state index < -0.39 is 35.6 Å². The number of carbonyl (C=O) groups is 2. The number of benzene rings is 1. The highest BCUT2D eigenvalue weighted by atomic mass is 19.4. The molecule has 1 rings (SSSR count). The molecule has 0 aliphatic heterocycles. The fourth-order valence-electron chi connectivity index (χ4n) is 1.19. The third-order valence-corrected chi connectivity index (χ3v) is 1.84. The van der Waals surface area contributed by atoms with Gasteiger partial charge in [0.25, 0.3) is 0 Å². The average molecular weight is 284 g/mol. The Labute approximate surface area is 102 Å². The fraction of sp³-hybridized carbons (Fsp3) is 0.200. The second-order valence-corrected chi connectivity index (χ2v) is 3.09. The van der Waals surface area contributed by atoms with Crippen molar-refractivity contribution < 1.29 is 41.0 Å². The van der Waals surface area contributed by atoms with Crippen LogP contribution in [0, 0.1) is 0 Å². The highest BCUT2D eigenvalue weighted by molar-refractivity contribution is 5.87. The predicted octanol–water partition coefficient (Wildman–Crippen LogP) is 2.81. The van der Waals surface area contributed by atoms with Crippen LogP contribution in [0.5, 0.6) is 11.5 Å². The molecule has 0 aliphatic carbocycles. The first-order valence-electron chi connectivity index (χ1n) is 4.55. The Morgan fingerprint density at radius 3 is 1.89 bits per heavy atom. The van der Waals surface area contributed by atoms with E-state index in [0.29, 0.717) is 12.1 Å². The summed E-state index contributed by atoms with van der Waals surface area (Å²) < 4.78 is 67.5. The number of rotatable bonds is 5. The van der Waals surface area contributed by atoms with Crippen molar-refractivity contribution in [1.29, 1.82) is 0 Å². The van der Waals surface area contributed by atoms with Gasteiger partial charge in [-0.25, -0.2) is 0 Å². The van der Waals surface area contributed by atoms with Gasteiger partial charge in [-0.2, -0.15) is 8.78 Å². The lowest BCUT2D eigenvalue weighted by Gasteiger charge is -2.13. The maximum absolute atomic E-state index is 12.0. The number of hydrogen-bond donors (Lipinski definition) is 0. The summed E-state index contributed by atoms with van der Waals surface area (Å²) >= 11 is 0. The summed E-state index contributed by atoms with van der Waals surface area (Å²) in [5.41, 5.74) is -1.29. The van der Waals surface area contributed by atoms with Crippen LogP contribution in [0.3, 0.4) is 0 Å². The SMILES string of the molecule is O=Cc1cc(OC(F)(F)F)c(C=O)cc1OC(F)F. The van der Waals surface area contributed by atoms with Crippen LogP contribution in [-0.4, -0.2) is 25.5 Å². The Morgan fingerprint density at radius 2 is 1.47 bits per heavy atom. The van der Waals surface area contributed by atoms with Crippen LogP contribution in [0.15, 0.2) is 12.1 Å². The molecule has 0 saturated heterocycles.